The van der Waals surface area contributed by atoms with Gasteiger partial charge in [0.2, 0.25) is 0 Å². The van der Waals surface area contributed by atoms with E-state index in [1.807, 2.05) is 22.6 Å². The second-order valence-electron chi connectivity index (χ2n) is 6.23. The molecule has 2 heterocycles. The van der Waals surface area contributed by atoms with Crippen LogP contribution in [0.4, 0.5) is 0 Å². The molecule has 0 atom stereocenters. The number of aromatic nitrogens is 2. The van der Waals surface area contributed by atoms with Gasteiger partial charge in [0.05, 0.1) is 5.69 Å². The highest BCUT2D eigenvalue weighted by Crippen LogP contribution is 2.36. The van der Waals surface area contributed by atoms with Gasteiger partial charge in [0.15, 0.2) is 11.2 Å². The van der Waals surface area contributed by atoms with Crippen LogP contribution in [0.15, 0.2) is 54.6 Å². The van der Waals surface area contributed by atoms with Crippen LogP contribution >= 0.6 is 11.3 Å². The lowest BCUT2D eigenvalue weighted by Crippen LogP contribution is -1.96. The summed E-state index contributed by atoms with van der Waals surface area (Å²) >= 11 is 1.66. The molecule has 130 valence electrons. The Morgan fingerprint density at radius 3 is 2.31 bits per heavy atom. The maximum atomic E-state index is 12.0. The summed E-state index contributed by atoms with van der Waals surface area (Å²) in [6.07, 6.45) is 2.84. The van der Waals surface area contributed by atoms with Gasteiger partial charge in [-0.25, -0.2) is 4.98 Å². The summed E-state index contributed by atoms with van der Waals surface area (Å²) in [4.78, 5) is 19.0. The Kier molecular flexibility index (Phi) is 4.43. The number of rotatable bonds is 5. The number of hydrogen-bond donors (Lipinski definition) is 0. The first-order chi connectivity index (χ1) is 12.8. The number of thiazole rings is 1. The first-order valence-corrected chi connectivity index (χ1v) is 9.72. The lowest BCUT2D eigenvalue weighted by atomic mass is 10.1. The van der Waals surface area contributed by atoms with Crippen molar-refractivity contribution in [1.82, 2.24) is 9.38 Å². The molecule has 4 aromatic rings. The normalized spacial score (nSPS) is 11.2. The average Bonchev–Trinajstić information content (AvgIpc) is 3.24. The van der Waals surface area contributed by atoms with E-state index in [4.69, 9.17) is 4.98 Å². The van der Waals surface area contributed by atoms with E-state index in [1.54, 1.807) is 11.3 Å². The molecule has 0 saturated heterocycles. The molecule has 4 rings (SSSR count). The molecular formula is C22H20N2OS. The molecular weight excluding hydrogens is 340 g/mol. The Labute approximate surface area is 157 Å². The van der Waals surface area contributed by atoms with Crippen LogP contribution in [0.25, 0.3) is 27.5 Å². The molecule has 4 heteroatoms. The van der Waals surface area contributed by atoms with Crippen LogP contribution in [0, 0.1) is 0 Å². The number of aldehydes is 1. The lowest BCUT2D eigenvalue weighted by molar-refractivity contribution is 0.111. The number of imidazole rings is 1. The molecule has 0 unspecified atom stereocenters. The monoisotopic (exact) mass is 360 g/mol. The van der Waals surface area contributed by atoms with Crippen molar-refractivity contribution in [2.24, 2.45) is 0 Å². The molecule has 3 nitrogen and oxygen atoms in total. The summed E-state index contributed by atoms with van der Waals surface area (Å²) in [5.41, 5.74) is 5.84. The Bertz CT molecular complexity index is 1060. The molecule has 2 aromatic heterocycles. The maximum Gasteiger partial charge on any atom is 0.195 e. The fourth-order valence-corrected chi connectivity index (χ4v) is 4.41. The van der Waals surface area contributed by atoms with Crippen LogP contribution in [0.5, 0.6) is 0 Å². The Balaban J connectivity index is 1.97. The van der Waals surface area contributed by atoms with Crippen LogP contribution < -0.4 is 0 Å². The van der Waals surface area contributed by atoms with Crippen molar-refractivity contribution < 1.29 is 4.79 Å². The van der Waals surface area contributed by atoms with Gasteiger partial charge in [0, 0.05) is 10.4 Å². The predicted octanol–water partition coefficient (Wildman–Crippen LogP) is 5.67. The molecule has 26 heavy (non-hydrogen) atoms. The van der Waals surface area contributed by atoms with Gasteiger partial charge in [0.1, 0.15) is 11.4 Å². The van der Waals surface area contributed by atoms with E-state index in [9.17, 15) is 4.79 Å². The van der Waals surface area contributed by atoms with Gasteiger partial charge in [-0.05, 0) is 24.0 Å². The van der Waals surface area contributed by atoms with Crippen molar-refractivity contribution in [3.05, 3.63) is 70.7 Å². The summed E-state index contributed by atoms with van der Waals surface area (Å²) < 4.78 is 2.02. The molecule has 0 saturated carbocycles. The smallest absolute Gasteiger partial charge is 0.195 e. The van der Waals surface area contributed by atoms with Crippen molar-refractivity contribution in [1.29, 1.82) is 0 Å². The number of carbonyl (C=O) groups excluding carboxylic acids is 1. The zero-order chi connectivity index (χ0) is 18.1. The molecule has 0 aliphatic rings. The van der Waals surface area contributed by atoms with Crippen LogP contribution in [-0.2, 0) is 12.8 Å². The predicted molar refractivity (Wildman–Crippen MR) is 108 cm³/mol. The van der Waals surface area contributed by atoms with Gasteiger partial charge in [-0.1, -0.05) is 68.4 Å². The third-order valence-electron chi connectivity index (χ3n) is 4.70. The lowest BCUT2D eigenvalue weighted by Gasteiger charge is -2.06. The van der Waals surface area contributed by atoms with Crippen molar-refractivity contribution in [2.45, 2.75) is 26.7 Å². The third-order valence-corrected chi connectivity index (χ3v) is 5.88. The number of benzene rings is 2. The minimum Gasteiger partial charge on any atom is -0.296 e. The Hall–Kier alpha value is -2.72. The summed E-state index contributed by atoms with van der Waals surface area (Å²) in [6, 6.07) is 18.6. The Morgan fingerprint density at radius 1 is 0.962 bits per heavy atom. The van der Waals surface area contributed by atoms with Crippen molar-refractivity contribution >= 4 is 22.6 Å². The topological polar surface area (TPSA) is 34.4 Å². The largest absolute Gasteiger partial charge is 0.296 e. The fraction of sp³-hybridized carbons (Fsp3) is 0.182. The second-order valence-corrected chi connectivity index (χ2v) is 7.29. The SMILES string of the molecule is CCc1ccc(-c2nc3sc(CC)c(-c4ccccc4)n3c2C=O)cc1. The molecule has 0 aliphatic carbocycles. The van der Waals surface area contributed by atoms with Gasteiger partial charge in [-0.2, -0.15) is 0 Å². The zero-order valence-corrected chi connectivity index (χ0v) is 15.7. The highest BCUT2D eigenvalue weighted by Gasteiger charge is 2.21. The number of aryl methyl sites for hydroxylation is 2. The van der Waals surface area contributed by atoms with Gasteiger partial charge in [-0.3, -0.25) is 9.20 Å². The molecule has 0 fully saturated rings. The van der Waals surface area contributed by atoms with Crippen molar-refractivity contribution in [3.63, 3.8) is 0 Å². The second kappa shape index (κ2) is 6.89. The molecule has 0 radical (unpaired) electrons. The van der Waals surface area contributed by atoms with Gasteiger partial charge >= 0.3 is 0 Å². The fourth-order valence-electron chi connectivity index (χ4n) is 3.32. The number of nitrogens with zero attached hydrogens (tertiary/aromatic N) is 2. The molecule has 0 amide bonds. The van der Waals surface area contributed by atoms with E-state index in [0.717, 1.165) is 46.6 Å². The summed E-state index contributed by atoms with van der Waals surface area (Å²) in [5.74, 6) is 0. The zero-order valence-electron chi connectivity index (χ0n) is 14.9. The summed E-state index contributed by atoms with van der Waals surface area (Å²) in [6.45, 7) is 4.28. The van der Waals surface area contributed by atoms with E-state index >= 15 is 0 Å². The Morgan fingerprint density at radius 2 is 1.69 bits per heavy atom. The molecule has 0 N–H and O–H groups in total. The van der Waals surface area contributed by atoms with Gasteiger partial charge in [0.25, 0.3) is 0 Å². The van der Waals surface area contributed by atoms with Gasteiger partial charge in [-0.15, -0.1) is 11.3 Å². The highest BCUT2D eigenvalue weighted by atomic mass is 32.1. The minimum atomic E-state index is 0.624. The number of carbonyl (C=O) groups is 1. The van der Waals surface area contributed by atoms with Crippen LogP contribution in [0.3, 0.4) is 0 Å². The number of hydrogen-bond acceptors (Lipinski definition) is 3. The van der Waals surface area contributed by atoms with Gasteiger partial charge < -0.3 is 0 Å². The van der Waals surface area contributed by atoms with Crippen LogP contribution in [0.1, 0.15) is 34.8 Å². The molecule has 0 spiro atoms. The molecule has 2 aromatic carbocycles. The van der Waals surface area contributed by atoms with E-state index in [1.165, 1.54) is 10.4 Å². The molecule has 0 bridgehead atoms. The highest BCUT2D eigenvalue weighted by molar-refractivity contribution is 7.17. The maximum absolute atomic E-state index is 12.0. The summed E-state index contributed by atoms with van der Waals surface area (Å²) in [7, 11) is 0. The average molecular weight is 360 g/mol. The third kappa shape index (κ3) is 2.67. The van der Waals surface area contributed by atoms with Crippen molar-refractivity contribution in [2.75, 3.05) is 0 Å². The quantitative estimate of drug-likeness (QED) is 0.430. The van der Waals surface area contributed by atoms with Crippen LogP contribution in [-0.4, -0.2) is 15.7 Å². The van der Waals surface area contributed by atoms with Crippen LogP contribution in [0.2, 0.25) is 0 Å². The van der Waals surface area contributed by atoms with E-state index in [2.05, 4.69) is 50.2 Å². The first kappa shape index (κ1) is 16.7. The standard InChI is InChI=1S/C22H20N2OS/c1-3-15-10-12-16(13-11-15)20-18(14-25)24-21(17-8-6-5-7-9-17)19(4-2)26-22(24)23-20/h5-14H,3-4H2,1-2H3. The van der Waals surface area contributed by atoms with E-state index < -0.39 is 0 Å². The minimum absolute atomic E-state index is 0.624. The van der Waals surface area contributed by atoms with Crippen molar-refractivity contribution in [3.8, 4) is 22.5 Å². The van der Waals surface area contributed by atoms with E-state index in [-0.39, 0.29) is 0 Å². The number of fused-ring (bicyclic) bond motifs is 1. The molecule has 0 aliphatic heterocycles. The van der Waals surface area contributed by atoms with E-state index in [0.29, 0.717) is 5.69 Å². The summed E-state index contributed by atoms with van der Waals surface area (Å²) in [5, 5.41) is 0. The first-order valence-electron chi connectivity index (χ1n) is 8.90.